The molecule has 1 aliphatic carbocycles. The number of alkyl halides is 1. The quantitative estimate of drug-likeness (QED) is 0.333. The van der Waals surface area contributed by atoms with Crippen LogP contribution in [0.25, 0.3) is 10.6 Å². The van der Waals surface area contributed by atoms with Gasteiger partial charge in [-0.1, -0.05) is 0 Å². The van der Waals surface area contributed by atoms with Gasteiger partial charge in [0.05, 0.1) is 46.6 Å². The maximum Gasteiger partial charge on any atom is 0.280 e. The van der Waals surface area contributed by atoms with E-state index in [1.54, 1.807) is 24.5 Å². The monoisotopic (exact) mass is 575 g/mol. The Labute approximate surface area is 230 Å². The first-order valence-electron chi connectivity index (χ1n) is 12.9. The lowest BCUT2D eigenvalue weighted by Gasteiger charge is -2.22. The number of likely N-dealkylation sites (tertiary alicyclic amines) is 1. The topological polar surface area (TPSA) is 139 Å². The van der Waals surface area contributed by atoms with Gasteiger partial charge in [-0.2, -0.15) is 0 Å². The number of nitrogens with zero attached hydrogens (tertiary/aromatic N) is 5. The van der Waals surface area contributed by atoms with E-state index in [0.29, 0.717) is 79.8 Å². The van der Waals surface area contributed by atoms with Crippen molar-refractivity contribution < 1.29 is 22.3 Å². The number of nitrogens with one attached hydrogen (secondary N) is 2. The fraction of sp³-hybridized carbons (Fsp3) is 0.480. The molecule has 5 rings (SSSR count). The van der Waals surface area contributed by atoms with Gasteiger partial charge in [-0.15, -0.1) is 11.3 Å². The van der Waals surface area contributed by atoms with Gasteiger partial charge in [-0.25, -0.2) is 22.8 Å². The molecule has 1 saturated carbocycles. The summed E-state index contributed by atoms with van der Waals surface area (Å²) >= 11 is 1.17. The van der Waals surface area contributed by atoms with E-state index in [0.717, 1.165) is 0 Å². The Kier molecular flexibility index (Phi) is 8.33. The Balaban J connectivity index is 1.33. The highest BCUT2D eigenvalue weighted by molar-refractivity contribution is 7.93. The lowest BCUT2D eigenvalue weighted by molar-refractivity contribution is 0.0930. The molecule has 2 N–H and O–H groups in total. The van der Waals surface area contributed by atoms with Crippen LogP contribution in [-0.4, -0.2) is 76.8 Å². The number of halogens is 1. The number of pyridine rings is 1. The molecule has 1 aliphatic heterocycles. The van der Waals surface area contributed by atoms with Crippen molar-refractivity contribution in [3.63, 3.8) is 0 Å². The second kappa shape index (κ2) is 11.9. The molecule has 208 valence electrons. The zero-order valence-corrected chi connectivity index (χ0v) is 23.0. The first-order chi connectivity index (χ1) is 18.8. The average Bonchev–Trinajstić information content (AvgIpc) is 3.53. The zero-order chi connectivity index (χ0) is 27.4. The third-order valence-corrected chi connectivity index (χ3v) is 9.36. The Morgan fingerprint density at radius 3 is 2.85 bits per heavy atom. The van der Waals surface area contributed by atoms with Crippen LogP contribution in [0, 0.1) is 0 Å². The highest BCUT2D eigenvalue weighted by atomic mass is 32.2. The summed E-state index contributed by atoms with van der Waals surface area (Å²) in [5.74, 6) is -0.0177. The van der Waals surface area contributed by atoms with Crippen LogP contribution in [0.4, 0.5) is 10.1 Å². The summed E-state index contributed by atoms with van der Waals surface area (Å²) in [6.45, 7) is 3.86. The molecule has 0 radical (unpaired) electrons. The molecule has 1 unspecified atom stereocenters. The number of hydrogen-bond donors (Lipinski definition) is 2. The van der Waals surface area contributed by atoms with E-state index >= 15 is 0 Å². The summed E-state index contributed by atoms with van der Waals surface area (Å²) in [7, 11) is -3.45. The van der Waals surface area contributed by atoms with Gasteiger partial charge >= 0.3 is 0 Å². The first-order valence-corrected chi connectivity index (χ1v) is 15.2. The number of thiazole rings is 1. The molecular weight excluding hydrogens is 545 g/mol. The van der Waals surface area contributed by atoms with Crippen LogP contribution < -0.4 is 14.8 Å². The van der Waals surface area contributed by atoms with Gasteiger partial charge in [0.2, 0.25) is 15.9 Å². The standard InChI is InChI=1S/C25H30FN7O4S2/c1-2-37-23-14-27-12-21(30-23)22-13-29-25(38-22)24(34)31-19(7-10-33-9-6-16(26)15-33)20-11-17(5-8-28-20)32-39(35,36)18-3-4-18/h5,8,11-14,16,18-19H,2-4,6-7,9-10,15H2,1H3,(H,28,32)(H,31,34)/t16-,19?/m1/s1. The molecule has 0 spiro atoms. The minimum absolute atomic E-state index is 0.231. The molecule has 3 aromatic heterocycles. The highest BCUT2D eigenvalue weighted by Gasteiger charge is 2.36. The van der Waals surface area contributed by atoms with E-state index in [1.807, 2.05) is 11.8 Å². The summed E-state index contributed by atoms with van der Waals surface area (Å²) in [5.41, 5.74) is 1.43. The van der Waals surface area contributed by atoms with Crippen LogP contribution in [-0.2, 0) is 10.0 Å². The van der Waals surface area contributed by atoms with E-state index in [2.05, 4.69) is 30.0 Å². The Bertz CT molecular complexity index is 1420. The number of anilines is 1. The van der Waals surface area contributed by atoms with Gasteiger partial charge in [-0.3, -0.25) is 19.5 Å². The molecule has 2 atom stereocenters. The smallest absolute Gasteiger partial charge is 0.280 e. The molecular formula is C25H30FN7O4S2. The van der Waals surface area contributed by atoms with Crippen molar-refractivity contribution in [2.45, 2.75) is 50.1 Å². The summed E-state index contributed by atoms with van der Waals surface area (Å²) in [6.07, 6.45) is 7.56. The lowest BCUT2D eigenvalue weighted by Crippen LogP contribution is -2.33. The molecule has 3 aromatic rings. The minimum atomic E-state index is -3.45. The Hall–Kier alpha value is -3.23. The Morgan fingerprint density at radius 1 is 1.26 bits per heavy atom. The summed E-state index contributed by atoms with van der Waals surface area (Å²) < 4.78 is 46.7. The summed E-state index contributed by atoms with van der Waals surface area (Å²) in [6, 6.07) is 2.67. The number of amides is 1. The Morgan fingerprint density at radius 2 is 2.10 bits per heavy atom. The van der Waals surface area contributed by atoms with Gasteiger partial charge in [0, 0.05) is 32.0 Å². The molecule has 14 heteroatoms. The maximum absolute atomic E-state index is 13.7. The van der Waals surface area contributed by atoms with Crippen molar-refractivity contribution in [3.8, 4) is 16.5 Å². The van der Waals surface area contributed by atoms with E-state index in [4.69, 9.17) is 4.74 Å². The van der Waals surface area contributed by atoms with Gasteiger partial charge in [-0.05, 0) is 44.7 Å². The molecule has 0 aromatic carbocycles. The van der Waals surface area contributed by atoms with Crippen molar-refractivity contribution in [1.82, 2.24) is 30.2 Å². The molecule has 4 heterocycles. The van der Waals surface area contributed by atoms with Crippen molar-refractivity contribution in [3.05, 3.63) is 47.6 Å². The zero-order valence-electron chi connectivity index (χ0n) is 21.4. The van der Waals surface area contributed by atoms with Crippen molar-refractivity contribution in [2.75, 3.05) is 31.0 Å². The molecule has 0 bridgehead atoms. The van der Waals surface area contributed by atoms with Crippen LogP contribution in [0.15, 0.2) is 36.9 Å². The number of carbonyl (C=O) groups excluding carboxylic acids is 1. The number of ether oxygens (including phenoxy) is 1. The van der Waals surface area contributed by atoms with Crippen LogP contribution >= 0.6 is 11.3 Å². The molecule has 1 saturated heterocycles. The SMILES string of the molecule is CCOc1cncc(-c2cnc(C(=O)NC(CCN3CC[C@@H](F)C3)c3cc(NS(=O)(=O)C4CC4)ccn3)s2)n1. The second-order valence-corrected chi connectivity index (χ2v) is 12.5. The van der Waals surface area contributed by atoms with Crippen LogP contribution in [0.3, 0.4) is 0 Å². The highest BCUT2D eigenvalue weighted by Crippen LogP contribution is 2.31. The maximum atomic E-state index is 13.7. The minimum Gasteiger partial charge on any atom is -0.477 e. The predicted octanol–water partition coefficient (Wildman–Crippen LogP) is 3.20. The van der Waals surface area contributed by atoms with Gasteiger partial charge in [0.15, 0.2) is 5.01 Å². The normalized spacial score (nSPS) is 18.6. The van der Waals surface area contributed by atoms with Gasteiger partial charge < -0.3 is 15.0 Å². The van der Waals surface area contributed by atoms with Crippen molar-refractivity contribution >= 4 is 33.0 Å². The summed E-state index contributed by atoms with van der Waals surface area (Å²) in [5, 5.41) is 2.86. The first kappa shape index (κ1) is 27.3. The molecule has 11 nitrogen and oxygen atoms in total. The molecule has 1 amide bonds. The van der Waals surface area contributed by atoms with E-state index in [9.17, 15) is 17.6 Å². The predicted molar refractivity (Wildman–Crippen MR) is 145 cm³/mol. The largest absolute Gasteiger partial charge is 0.477 e. The fourth-order valence-corrected chi connectivity index (χ4v) is 6.48. The number of carbonyl (C=O) groups is 1. The number of sulfonamides is 1. The molecule has 2 aliphatic rings. The van der Waals surface area contributed by atoms with Gasteiger partial charge in [0.1, 0.15) is 11.9 Å². The van der Waals surface area contributed by atoms with Crippen LogP contribution in [0.5, 0.6) is 5.88 Å². The fourth-order valence-electron chi connectivity index (χ4n) is 4.32. The number of hydrogen-bond acceptors (Lipinski definition) is 10. The summed E-state index contributed by atoms with van der Waals surface area (Å²) in [4.78, 5) is 33.2. The molecule has 39 heavy (non-hydrogen) atoms. The third kappa shape index (κ3) is 7.05. The lowest BCUT2D eigenvalue weighted by atomic mass is 10.1. The number of rotatable bonds is 12. The van der Waals surface area contributed by atoms with Crippen molar-refractivity contribution in [1.29, 1.82) is 0 Å². The second-order valence-electron chi connectivity index (χ2n) is 9.52. The molecule has 2 fully saturated rings. The average molecular weight is 576 g/mol. The van der Waals surface area contributed by atoms with Crippen LogP contribution in [0.1, 0.15) is 54.1 Å². The van der Waals surface area contributed by atoms with Gasteiger partial charge in [0.25, 0.3) is 5.91 Å². The van der Waals surface area contributed by atoms with E-state index in [1.165, 1.54) is 23.7 Å². The number of aromatic nitrogens is 4. The van der Waals surface area contributed by atoms with Crippen LogP contribution in [0.2, 0.25) is 0 Å². The third-order valence-electron chi connectivity index (χ3n) is 6.47. The van der Waals surface area contributed by atoms with E-state index in [-0.39, 0.29) is 10.3 Å². The van der Waals surface area contributed by atoms with E-state index < -0.39 is 28.1 Å². The van der Waals surface area contributed by atoms with Crippen molar-refractivity contribution in [2.24, 2.45) is 0 Å².